The van der Waals surface area contributed by atoms with Crippen LogP contribution in [-0.4, -0.2) is 27.4 Å². The largest absolute Gasteiger partial charge is 0.481 e. The second-order valence-electron chi connectivity index (χ2n) is 3.28. The van der Waals surface area contributed by atoms with Crippen LogP contribution >= 0.6 is 27.5 Å². The van der Waals surface area contributed by atoms with Crippen LogP contribution < -0.4 is 0 Å². The highest BCUT2D eigenvalue weighted by Gasteiger charge is 2.22. The molecule has 1 aromatic carbocycles. The molecule has 0 aliphatic rings. The summed E-state index contributed by atoms with van der Waals surface area (Å²) in [7, 11) is 0. The van der Waals surface area contributed by atoms with Crippen LogP contribution in [0.4, 0.5) is 0 Å². The van der Waals surface area contributed by atoms with Crippen molar-refractivity contribution in [2.45, 2.75) is 18.6 Å². The van der Waals surface area contributed by atoms with E-state index in [1.807, 2.05) is 0 Å². The zero-order valence-corrected chi connectivity index (χ0v) is 10.4. The van der Waals surface area contributed by atoms with E-state index in [-0.39, 0.29) is 0 Å². The number of carboxylic acids is 1. The van der Waals surface area contributed by atoms with Crippen molar-refractivity contribution in [3.05, 3.63) is 33.3 Å². The number of aliphatic carboxylic acids is 1. The molecule has 0 heterocycles. The summed E-state index contributed by atoms with van der Waals surface area (Å²) < 4.78 is 0.525. The number of aliphatic hydroxyl groups excluding tert-OH is 2. The number of hydrogen-bond donors (Lipinski definition) is 3. The van der Waals surface area contributed by atoms with E-state index in [1.165, 1.54) is 6.07 Å². The van der Waals surface area contributed by atoms with Gasteiger partial charge in [0.25, 0.3) is 0 Å². The number of aliphatic hydroxyl groups is 2. The topological polar surface area (TPSA) is 77.8 Å². The maximum Gasteiger partial charge on any atom is 0.306 e. The minimum absolute atomic E-state index is 0.401. The van der Waals surface area contributed by atoms with Gasteiger partial charge >= 0.3 is 5.97 Å². The van der Waals surface area contributed by atoms with E-state index < -0.39 is 24.6 Å². The second kappa shape index (κ2) is 5.63. The van der Waals surface area contributed by atoms with Gasteiger partial charge in [-0.15, -0.1) is 0 Å². The lowest BCUT2D eigenvalue weighted by atomic mass is 10.0. The monoisotopic (exact) mass is 308 g/mol. The number of carboxylic acid groups (broad SMARTS) is 1. The molecule has 6 heteroatoms. The molecule has 0 bridgehead atoms. The van der Waals surface area contributed by atoms with Crippen LogP contribution in [0.3, 0.4) is 0 Å². The van der Waals surface area contributed by atoms with Gasteiger partial charge in [-0.3, -0.25) is 4.79 Å². The van der Waals surface area contributed by atoms with Crippen LogP contribution in [0, 0.1) is 0 Å². The van der Waals surface area contributed by atoms with Gasteiger partial charge in [-0.1, -0.05) is 33.6 Å². The van der Waals surface area contributed by atoms with Gasteiger partial charge in [0.15, 0.2) is 0 Å². The van der Waals surface area contributed by atoms with Crippen molar-refractivity contribution in [2.24, 2.45) is 0 Å². The first kappa shape index (κ1) is 13.4. The third-order valence-electron chi connectivity index (χ3n) is 2.03. The average molecular weight is 310 g/mol. The van der Waals surface area contributed by atoms with Crippen LogP contribution in [0.25, 0.3) is 0 Å². The first-order chi connectivity index (χ1) is 7.41. The van der Waals surface area contributed by atoms with Gasteiger partial charge in [-0.25, -0.2) is 0 Å². The fourth-order valence-electron chi connectivity index (χ4n) is 1.24. The molecule has 4 nitrogen and oxygen atoms in total. The zero-order valence-electron chi connectivity index (χ0n) is 8.10. The normalized spacial score (nSPS) is 14.5. The SMILES string of the molecule is O=C(O)CC(O)C(O)c1ccc(Cl)cc1Br. The van der Waals surface area contributed by atoms with Crippen LogP contribution in [0.5, 0.6) is 0 Å². The molecule has 0 aliphatic carbocycles. The van der Waals surface area contributed by atoms with E-state index in [2.05, 4.69) is 15.9 Å². The van der Waals surface area contributed by atoms with Crippen LogP contribution in [0.15, 0.2) is 22.7 Å². The number of halogens is 2. The maximum atomic E-state index is 10.4. The number of rotatable bonds is 4. The predicted molar refractivity (Wildman–Crippen MR) is 62.4 cm³/mol. The average Bonchev–Trinajstić information content (AvgIpc) is 2.15. The van der Waals surface area contributed by atoms with Crippen molar-refractivity contribution < 1.29 is 20.1 Å². The van der Waals surface area contributed by atoms with Crippen molar-refractivity contribution in [1.29, 1.82) is 0 Å². The summed E-state index contributed by atoms with van der Waals surface area (Å²) in [5.74, 6) is -1.17. The summed E-state index contributed by atoms with van der Waals surface area (Å²) in [6, 6.07) is 4.65. The van der Waals surface area contributed by atoms with E-state index in [1.54, 1.807) is 12.1 Å². The second-order valence-corrected chi connectivity index (χ2v) is 4.57. The Bertz CT molecular complexity index is 396. The smallest absolute Gasteiger partial charge is 0.306 e. The van der Waals surface area contributed by atoms with Crippen molar-refractivity contribution in [3.8, 4) is 0 Å². The van der Waals surface area contributed by atoms with E-state index in [9.17, 15) is 15.0 Å². The molecule has 2 atom stereocenters. The molecule has 0 fully saturated rings. The summed E-state index contributed by atoms with van der Waals surface area (Å²) in [5.41, 5.74) is 0.401. The highest BCUT2D eigenvalue weighted by molar-refractivity contribution is 9.10. The summed E-state index contributed by atoms with van der Waals surface area (Å²) in [6.45, 7) is 0. The molecule has 88 valence electrons. The molecular weight excluding hydrogens is 299 g/mol. The Kier molecular flexibility index (Phi) is 4.73. The number of carbonyl (C=O) groups is 1. The van der Waals surface area contributed by atoms with Gasteiger partial charge in [0, 0.05) is 9.50 Å². The minimum atomic E-state index is -1.35. The summed E-state index contributed by atoms with van der Waals surface area (Å²) in [6.07, 6.45) is -3.13. The van der Waals surface area contributed by atoms with Crippen molar-refractivity contribution in [2.75, 3.05) is 0 Å². The van der Waals surface area contributed by atoms with Gasteiger partial charge < -0.3 is 15.3 Å². The fourth-order valence-corrected chi connectivity index (χ4v) is 2.16. The lowest BCUT2D eigenvalue weighted by molar-refractivity contribution is -0.141. The molecular formula is C10H10BrClO4. The number of hydrogen-bond acceptors (Lipinski definition) is 3. The Morgan fingerprint density at radius 2 is 2.06 bits per heavy atom. The Morgan fingerprint density at radius 3 is 2.56 bits per heavy atom. The highest BCUT2D eigenvalue weighted by atomic mass is 79.9. The quantitative estimate of drug-likeness (QED) is 0.794. The molecule has 0 amide bonds. The Balaban J connectivity index is 2.87. The fraction of sp³-hybridized carbons (Fsp3) is 0.300. The molecule has 0 spiro atoms. The molecule has 0 aliphatic heterocycles. The standard InChI is InChI=1S/C10H10BrClO4/c11-7-3-5(12)1-2-6(7)10(16)8(13)4-9(14)15/h1-3,8,10,13,16H,4H2,(H,14,15). The summed E-state index contributed by atoms with van der Waals surface area (Å²) in [5, 5.41) is 28.1. The van der Waals surface area contributed by atoms with Crippen molar-refractivity contribution in [3.63, 3.8) is 0 Å². The van der Waals surface area contributed by atoms with Crippen molar-refractivity contribution in [1.82, 2.24) is 0 Å². The van der Waals surface area contributed by atoms with Gasteiger partial charge in [-0.2, -0.15) is 0 Å². The van der Waals surface area contributed by atoms with Crippen molar-refractivity contribution >= 4 is 33.5 Å². The Morgan fingerprint density at radius 1 is 1.44 bits per heavy atom. The van der Waals surface area contributed by atoms with E-state index in [0.717, 1.165) is 0 Å². The Hall–Kier alpha value is -0.620. The van der Waals surface area contributed by atoms with Gasteiger partial charge in [0.05, 0.1) is 12.5 Å². The molecule has 1 aromatic rings. The first-order valence-corrected chi connectivity index (χ1v) is 5.61. The Labute approximate surface area is 106 Å². The van der Waals surface area contributed by atoms with Crippen LogP contribution in [0.2, 0.25) is 5.02 Å². The van der Waals surface area contributed by atoms with Crippen LogP contribution in [-0.2, 0) is 4.79 Å². The predicted octanol–water partition coefficient (Wildman–Crippen LogP) is 1.97. The first-order valence-electron chi connectivity index (χ1n) is 4.44. The molecule has 3 N–H and O–H groups in total. The third-order valence-corrected chi connectivity index (χ3v) is 2.95. The third kappa shape index (κ3) is 3.45. The zero-order chi connectivity index (χ0) is 12.3. The molecule has 2 unspecified atom stereocenters. The lowest BCUT2D eigenvalue weighted by Gasteiger charge is -2.17. The molecule has 0 saturated carbocycles. The number of benzene rings is 1. The maximum absolute atomic E-state index is 10.4. The molecule has 0 aromatic heterocycles. The lowest BCUT2D eigenvalue weighted by Crippen LogP contribution is -2.22. The van der Waals surface area contributed by atoms with E-state index in [0.29, 0.717) is 15.1 Å². The minimum Gasteiger partial charge on any atom is -0.481 e. The van der Waals surface area contributed by atoms with Crippen LogP contribution in [0.1, 0.15) is 18.1 Å². The van der Waals surface area contributed by atoms with Gasteiger partial charge in [0.1, 0.15) is 6.10 Å². The molecule has 0 radical (unpaired) electrons. The molecule has 0 saturated heterocycles. The summed E-state index contributed by atoms with van der Waals surface area (Å²) in [4.78, 5) is 10.4. The van der Waals surface area contributed by atoms with Gasteiger partial charge in [0.2, 0.25) is 0 Å². The molecule has 16 heavy (non-hydrogen) atoms. The highest BCUT2D eigenvalue weighted by Crippen LogP contribution is 2.29. The van der Waals surface area contributed by atoms with E-state index >= 15 is 0 Å². The van der Waals surface area contributed by atoms with E-state index in [4.69, 9.17) is 16.7 Å². The summed E-state index contributed by atoms with van der Waals surface area (Å²) >= 11 is 8.90. The molecule has 1 rings (SSSR count). The van der Waals surface area contributed by atoms with Gasteiger partial charge in [-0.05, 0) is 17.7 Å².